The first kappa shape index (κ1) is 10.2. The van der Waals surface area contributed by atoms with Crippen LogP contribution in [-0.2, 0) is 9.05 Å². The third-order valence-corrected chi connectivity index (χ3v) is 3.35. The smallest absolute Gasteiger partial charge is 0.207 e. The van der Waals surface area contributed by atoms with E-state index in [0.717, 1.165) is 12.1 Å². The van der Waals surface area contributed by atoms with Gasteiger partial charge in [-0.05, 0) is 40.8 Å². The molecular weight excluding hydrogens is 317 g/mol. The molecule has 0 bridgehead atoms. The lowest BCUT2D eigenvalue weighted by Gasteiger charge is -1.97. The summed E-state index contributed by atoms with van der Waals surface area (Å²) in [6, 6.07) is 3.37. The van der Waals surface area contributed by atoms with Crippen molar-refractivity contribution in [3.63, 3.8) is 0 Å². The first-order chi connectivity index (χ1) is 5.41. The van der Waals surface area contributed by atoms with Crippen LogP contribution in [0, 0.1) is 9.39 Å². The van der Waals surface area contributed by atoms with Crippen molar-refractivity contribution >= 4 is 42.3 Å². The molecular formula is C6H3ClFIO2S. The molecule has 12 heavy (non-hydrogen) atoms. The van der Waals surface area contributed by atoms with Crippen molar-refractivity contribution in [1.29, 1.82) is 0 Å². The molecule has 0 N–H and O–H groups in total. The van der Waals surface area contributed by atoms with Gasteiger partial charge in [0.15, 0.2) is 0 Å². The zero-order valence-electron chi connectivity index (χ0n) is 5.59. The van der Waals surface area contributed by atoms with E-state index >= 15 is 0 Å². The summed E-state index contributed by atoms with van der Waals surface area (Å²) in [5.74, 6) is -0.459. The SMILES string of the molecule is O=S(=O)(Cl)c1ccc(F)c(I)c1. The van der Waals surface area contributed by atoms with Crippen molar-refractivity contribution in [3.8, 4) is 0 Å². The average Bonchev–Trinajstić information content (AvgIpc) is 1.92. The van der Waals surface area contributed by atoms with E-state index in [4.69, 9.17) is 10.7 Å². The zero-order chi connectivity index (χ0) is 9.35. The second-order valence-electron chi connectivity index (χ2n) is 2.01. The minimum absolute atomic E-state index is 0.0880. The third kappa shape index (κ3) is 2.30. The van der Waals surface area contributed by atoms with Crippen LogP contribution in [0.5, 0.6) is 0 Å². The standard InChI is InChI=1S/C6H3ClFIO2S/c7-12(10,11)4-1-2-5(8)6(9)3-4/h1-3H. The van der Waals surface area contributed by atoms with Crippen LogP contribution in [0.3, 0.4) is 0 Å². The Labute approximate surface area is 87.3 Å². The molecule has 0 aliphatic heterocycles. The summed E-state index contributed by atoms with van der Waals surface area (Å²) in [4.78, 5) is -0.0880. The van der Waals surface area contributed by atoms with Crippen LogP contribution in [0.2, 0.25) is 0 Å². The predicted molar refractivity (Wildman–Crippen MR) is 52.2 cm³/mol. The van der Waals surface area contributed by atoms with Gasteiger partial charge in [-0.15, -0.1) is 0 Å². The van der Waals surface area contributed by atoms with E-state index in [2.05, 4.69) is 0 Å². The molecule has 0 saturated heterocycles. The van der Waals surface area contributed by atoms with Crippen LogP contribution in [0.25, 0.3) is 0 Å². The van der Waals surface area contributed by atoms with Crippen molar-refractivity contribution in [2.75, 3.05) is 0 Å². The lowest BCUT2D eigenvalue weighted by atomic mass is 10.3. The van der Waals surface area contributed by atoms with E-state index < -0.39 is 14.9 Å². The van der Waals surface area contributed by atoms with Gasteiger partial charge in [-0.25, -0.2) is 12.8 Å². The quantitative estimate of drug-likeness (QED) is 0.588. The number of rotatable bonds is 1. The Morgan fingerprint density at radius 2 is 2.00 bits per heavy atom. The molecule has 0 spiro atoms. The fourth-order valence-corrected chi connectivity index (χ4v) is 2.13. The van der Waals surface area contributed by atoms with Crippen molar-refractivity contribution in [3.05, 3.63) is 27.6 Å². The molecule has 0 fully saturated rings. The van der Waals surface area contributed by atoms with Gasteiger partial charge in [0.05, 0.1) is 8.47 Å². The van der Waals surface area contributed by atoms with Crippen molar-refractivity contribution in [2.24, 2.45) is 0 Å². The lowest BCUT2D eigenvalue weighted by molar-refractivity contribution is 0.606. The molecule has 0 amide bonds. The average molecular weight is 321 g/mol. The normalized spacial score (nSPS) is 11.6. The van der Waals surface area contributed by atoms with Crippen LogP contribution in [0.15, 0.2) is 23.1 Å². The van der Waals surface area contributed by atoms with Gasteiger partial charge in [-0.2, -0.15) is 0 Å². The first-order valence-corrected chi connectivity index (χ1v) is 6.20. The summed E-state index contributed by atoms with van der Waals surface area (Å²) in [7, 11) is 1.29. The maximum absolute atomic E-state index is 12.6. The summed E-state index contributed by atoms with van der Waals surface area (Å²) in [6.45, 7) is 0. The Balaban J connectivity index is 3.33. The fourth-order valence-electron chi connectivity index (χ4n) is 0.629. The molecule has 2 nitrogen and oxygen atoms in total. The summed E-state index contributed by atoms with van der Waals surface area (Å²) < 4.78 is 34.3. The van der Waals surface area contributed by atoms with Crippen LogP contribution in [0.1, 0.15) is 0 Å². The van der Waals surface area contributed by atoms with Crippen LogP contribution in [0.4, 0.5) is 4.39 Å². The Bertz CT molecular complexity index is 404. The molecule has 0 aromatic heterocycles. The van der Waals surface area contributed by atoms with Gasteiger partial charge < -0.3 is 0 Å². The van der Waals surface area contributed by atoms with Crippen LogP contribution in [-0.4, -0.2) is 8.42 Å². The molecule has 0 aliphatic rings. The largest absolute Gasteiger partial charge is 0.261 e. The van der Waals surface area contributed by atoms with E-state index in [-0.39, 0.29) is 8.47 Å². The molecule has 1 rings (SSSR count). The van der Waals surface area contributed by atoms with Gasteiger partial charge in [0.1, 0.15) is 5.82 Å². The van der Waals surface area contributed by atoms with Crippen molar-refractivity contribution in [1.82, 2.24) is 0 Å². The van der Waals surface area contributed by atoms with Gasteiger partial charge >= 0.3 is 0 Å². The molecule has 66 valence electrons. The van der Waals surface area contributed by atoms with Crippen molar-refractivity contribution in [2.45, 2.75) is 4.90 Å². The monoisotopic (exact) mass is 320 g/mol. The lowest BCUT2D eigenvalue weighted by Crippen LogP contribution is -1.92. The number of hydrogen-bond acceptors (Lipinski definition) is 2. The van der Waals surface area contributed by atoms with Gasteiger partial charge in [0.25, 0.3) is 9.05 Å². The molecule has 0 heterocycles. The second-order valence-corrected chi connectivity index (χ2v) is 5.74. The highest BCUT2D eigenvalue weighted by Crippen LogP contribution is 2.19. The highest BCUT2D eigenvalue weighted by Gasteiger charge is 2.11. The third-order valence-electron chi connectivity index (χ3n) is 1.17. The minimum Gasteiger partial charge on any atom is -0.207 e. The van der Waals surface area contributed by atoms with E-state index in [9.17, 15) is 12.8 Å². The second kappa shape index (κ2) is 3.47. The Hall–Kier alpha value is 0.120. The number of benzene rings is 1. The van der Waals surface area contributed by atoms with Crippen molar-refractivity contribution < 1.29 is 12.8 Å². The molecule has 0 unspecified atom stereocenters. The highest BCUT2D eigenvalue weighted by molar-refractivity contribution is 14.1. The maximum Gasteiger partial charge on any atom is 0.261 e. The van der Waals surface area contributed by atoms with E-state index in [1.54, 1.807) is 22.6 Å². The summed E-state index contributed by atoms with van der Waals surface area (Å²) >= 11 is 1.69. The van der Waals surface area contributed by atoms with Crippen LogP contribution < -0.4 is 0 Å². The number of hydrogen-bond donors (Lipinski definition) is 0. The van der Waals surface area contributed by atoms with Gasteiger partial charge in [-0.1, -0.05) is 0 Å². The van der Waals surface area contributed by atoms with E-state index in [0.29, 0.717) is 0 Å². The van der Waals surface area contributed by atoms with Gasteiger partial charge in [0.2, 0.25) is 0 Å². The zero-order valence-corrected chi connectivity index (χ0v) is 9.32. The van der Waals surface area contributed by atoms with Gasteiger partial charge in [-0.3, -0.25) is 0 Å². The Morgan fingerprint density at radius 3 is 2.42 bits per heavy atom. The van der Waals surface area contributed by atoms with E-state index in [1.165, 1.54) is 6.07 Å². The van der Waals surface area contributed by atoms with Crippen LogP contribution >= 0.6 is 33.3 Å². The molecule has 0 saturated carbocycles. The summed E-state index contributed by atoms with van der Waals surface area (Å²) in [6.07, 6.45) is 0. The Morgan fingerprint density at radius 1 is 1.42 bits per heavy atom. The number of halogens is 3. The fraction of sp³-hybridized carbons (Fsp3) is 0. The first-order valence-electron chi connectivity index (χ1n) is 2.81. The maximum atomic E-state index is 12.6. The Kier molecular flexibility index (Phi) is 2.95. The minimum atomic E-state index is -3.74. The predicted octanol–water partition coefficient (Wildman–Crippen LogP) is 2.36. The van der Waals surface area contributed by atoms with E-state index in [1.807, 2.05) is 0 Å². The molecule has 0 radical (unpaired) electrons. The molecule has 1 aromatic carbocycles. The molecule has 1 aromatic rings. The van der Waals surface area contributed by atoms with Gasteiger partial charge in [0, 0.05) is 10.7 Å². The highest BCUT2D eigenvalue weighted by atomic mass is 127. The summed E-state index contributed by atoms with van der Waals surface area (Å²) in [5.41, 5.74) is 0. The summed E-state index contributed by atoms with van der Waals surface area (Å²) in [5, 5.41) is 0. The molecule has 6 heteroatoms. The molecule has 0 atom stereocenters. The topological polar surface area (TPSA) is 34.1 Å². The molecule has 0 aliphatic carbocycles.